The second kappa shape index (κ2) is 6.70. The molecule has 1 heteroatoms. The number of hydrogen-bond donors (Lipinski definition) is 1. The Balaban J connectivity index is 2.37. The van der Waals surface area contributed by atoms with Gasteiger partial charge in [0.15, 0.2) is 0 Å². The highest BCUT2D eigenvalue weighted by molar-refractivity contribution is 5.30. The second-order valence-electron chi connectivity index (χ2n) is 4.87. The lowest BCUT2D eigenvalue weighted by Crippen LogP contribution is -2.19. The summed E-state index contributed by atoms with van der Waals surface area (Å²) in [4.78, 5) is 0. The van der Waals surface area contributed by atoms with Crippen LogP contribution in [0.25, 0.3) is 0 Å². The molecule has 1 nitrogen and oxygen atoms in total. The van der Waals surface area contributed by atoms with Crippen LogP contribution in [-0.2, 0) is 6.42 Å². The first kappa shape index (κ1) is 13.2. The van der Waals surface area contributed by atoms with E-state index in [-0.39, 0.29) is 0 Å². The van der Waals surface area contributed by atoms with E-state index in [4.69, 9.17) is 5.73 Å². The molecule has 1 rings (SSSR count). The molecule has 2 N–H and O–H groups in total. The average molecular weight is 219 g/mol. The zero-order chi connectivity index (χ0) is 12.0. The van der Waals surface area contributed by atoms with Crippen LogP contribution in [0.1, 0.15) is 49.3 Å². The standard InChI is InChI=1S/C15H25N/c1-4-6-15(16)8-5-7-14-10-9-12(2)11-13(14)3/h9-11,15H,4-8,16H2,1-3H3. The largest absolute Gasteiger partial charge is 0.328 e. The van der Waals surface area contributed by atoms with Crippen molar-refractivity contribution in [1.82, 2.24) is 0 Å². The van der Waals surface area contributed by atoms with Crippen molar-refractivity contribution >= 4 is 0 Å². The van der Waals surface area contributed by atoms with E-state index in [1.807, 2.05) is 0 Å². The van der Waals surface area contributed by atoms with Crippen LogP contribution in [0.4, 0.5) is 0 Å². The Hall–Kier alpha value is -0.820. The number of benzene rings is 1. The molecule has 1 aromatic carbocycles. The highest BCUT2D eigenvalue weighted by Gasteiger charge is 2.02. The molecule has 0 aliphatic carbocycles. The van der Waals surface area contributed by atoms with Gasteiger partial charge in [-0.1, -0.05) is 37.1 Å². The zero-order valence-corrected chi connectivity index (χ0v) is 10.9. The third-order valence-electron chi connectivity index (χ3n) is 3.18. The number of rotatable bonds is 6. The van der Waals surface area contributed by atoms with Crippen LogP contribution in [0.2, 0.25) is 0 Å². The fourth-order valence-electron chi connectivity index (χ4n) is 2.20. The summed E-state index contributed by atoms with van der Waals surface area (Å²) in [6.07, 6.45) is 5.90. The lowest BCUT2D eigenvalue weighted by Gasteiger charge is -2.11. The first-order valence-electron chi connectivity index (χ1n) is 6.45. The van der Waals surface area contributed by atoms with Crippen LogP contribution < -0.4 is 5.73 Å². The Labute approximate surface area is 100 Å². The lowest BCUT2D eigenvalue weighted by molar-refractivity contribution is 0.539. The maximum atomic E-state index is 6.01. The lowest BCUT2D eigenvalue weighted by atomic mass is 9.98. The molecule has 1 aromatic rings. The van der Waals surface area contributed by atoms with Crippen molar-refractivity contribution in [2.24, 2.45) is 5.73 Å². The van der Waals surface area contributed by atoms with Gasteiger partial charge in [-0.3, -0.25) is 0 Å². The molecular formula is C15H25N. The predicted octanol–water partition coefficient (Wildman–Crippen LogP) is 3.75. The molecule has 16 heavy (non-hydrogen) atoms. The summed E-state index contributed by atoms with van der Waals surface area (Å²) >= 11 is 0. The normalized spacial score (nSPS) is 12.8. The molecule has 0 amide bonds. The van der Waals surface area contributed by atoms with Gasteiger partial charge in [0.25, 0.3) is 0 Å². The Kier molecular flexibility index (Phi) is 5.54. The minimum absolute atomic E-state index is 0.399. The Bertz CT molecular complexity index is 317. The van der Waals surface area contributed by atoms with E-state index in [9.17, 15) is 0 Å². The van der Waals surface area contributed by atoms with Gasteiger partial charge in [-0.15, -0.1) is 0 Å². The first-order valence-corrected chi connectivity index (χ1v) is 6.45. The molecule has 0 bridgehead atoms. The van der Waals surface area contributed by atoms with E-state index in [2.05, 4.69) is 39.0 Å². The summed E-state index contributed by atoms with van der Waals surface area (Å²) in [7, 11) is 0. The summed E-state index contributed by atoms with van der Waals surface area (Å²) in [5.74, 6) is 0. The molecule has 0 aromatic heterocycles. The molecule has 1 atom stereocenters. The molecule has 1 unspecified atom stereocenters. The van der Waals surface area contributed by atoms with Crippen molar-refractivity contribution < 1.29 is 0 Å². The van der Waals surface area contributed by atoms with Crippen molar-refractivity contribution in [3.05, 3.63) is 34.9 Å². The van der Waals surface area contributed by atoms with E-state index in [0.717, 1.165) is 12.8 Å². The van der Waals surface area contributed by atoms with Gasteiger partial charge in [-0.05, 0) is 50.7 Å². The molecule has 0 saturated heterocycles. The molecule has 0 fully saturated rings. The molecule has 90 valence electrons. The Morgan fingerprint density at radius 1 is 1.19 bits per heavy atom. The molecular weight excluding hydrogens is 194 g/mol. The van der Waals surface area contributed by atoms with E-state index in [1.54, 1.807) is 0 Å². The van der Waals surface area contributed by atoms with Crippen molar-refractivity contribution in [2.45, 2.75) is 58.9 Å². The minimum Gasteiger partial charge on any atom is -0.328 e. The Morgan fingerprint density at radius 3 is 2.56 bits per heavy atom. The van der Waals surface area contributed by atoms with Crippen molar-refractivity contribution in [2.75, 3.05) is 0 Å². The zero-order valence-electron chi connectivity index (χ0n) is 10.9. The number of hydrogen-bond acceptors (Lipinski definition) is 1. The van der Waals surface area contributed by atoms with Gasteiger partial charge < -0.3 is 5.73 Å². The number of aryl methyl sites for hydroxylation is 3. The highest BCUT2D eigenvalue weighted by atomic mass is 14.6. The van der Waals surface area contributed by atoms with Crippen LogP contribution >= 0.6 is 0 Å². The summed E-state index contributed by atoms with van der Waals surface area (Å²) in [5, 5.41) is 0. The monoisotopic (exact) mass is 219 g/mol. The van der Waals surface area contributed by atoms with E-state index >= 15 is 0 Å². The molecule has 0 radical (unpaired) electrons. The fourth-order valence-corrected chi connectivity index (χ4v) is 2.20. The number of nitrogens with two attached hydrogens (primary N) is 1. The minimum atomic E-state index is 0.399. The molecule has 0 aliphatic heterocycles. The third kappa shape index (κ3) is 4.36. The average Bonchev–Trinajstić information content (AvgIpc) is 2.22. The van der Waals surface area contributed by atoms with Crippen molar-refractivity contribution in [3.63, 3.8) is 0 Å². The van der Waals surface area contributed by atoms with Crippen molar-refractivity contribution in [1.29, 1.82) is 0 Å². The van der Waals surface area contributed by atoms with Gasteiger partial charge in [-0.25, -0.2) is 0 Å². The van der Waals surface area contributed by atoms with Crippen LogP contribution in [-0.4, -0.2) is 6.04 Å². The molecule has 0 saturated carbocycles. The first-order chi connectivity index (χ1) is 7.63. The van der Waals surface area contributed by atoms with Crippen molar-refractivity contribution in [3.8, 4) is 0 Å². The van der Waals surface area contributed by atoms with Gasteiger partial charge in [-0.2, -0.15) is 0 Å². The highest BCUT2D eigenvalue weighted by Crippen LogP contribution is 2.14. The van der Waals surface area contributed by atoms with Crippen LogP contribution in [0, 0.1) is 13.8 Å². The molecule has 0 spiro atoms. The van der Waals surface area contributed by atoms with Gasteiger partial charge in [0, 0.05) is 6.04 Å². The maximum Gasteiger partial charge on any atom is 0.00388 e. The summed E-state index contributed by atoms with van der Waals surface area (Å²) in [6.45, 7) is 6.55. The molecule has 0 aliphatic rings. The van der Waals surface area contributed by atoms with E-state index < -0.39 is 0 Å². The summed E-state index contributed by atoms with van der Waals surface area (Å²) in [6, 6.07) is 7.13. The van der Waals surface area contributed by atoms with Gasteiger partial charge in [0.2, 0.25) is 0 Å². The Morgan fingerprint density at radius 2 is 1.94 bits per heavy atom. The maximum absolute atomic E-state index is 6.01. The van der Waals surface area contributed by atoms with Gasteiger partial charge in [0.05, 0.1) is 0 Å². The van der Waals surface area contributed by atoms with Crippen LogP contribution in [0.15, 0.2) is 18.2 Å². The van der Waals surface area contributed by atoms with E-state index in [1.165, 1.54) is 36.0 Å². The topological polar surface area (TPSA) is 26.0 Å². The SMILES string of the molecule is CCCC(N)CCCc1ccc(C)cc1C. The van der Waals surface area contributed by atoms with Crippen LogP contribution in [0.3, 0.4) is 0 Å². The van der Waals surface area contributed by atoms with Gasteiger partial charge in [0.1, 0.15) is 0 Å². The fraction of sp³-hybridized carbons (Fsp3) is 0.600. The predicted molar refractivity (Wildman–Crippen MR) is 71.7 cm³/mol. The smallest absolute Gasteiger partial charge is 0.00388 e. The molecule has 0 heterocycles. The third-order valence-corrected chi connectivity index (χ3v) is 3.18. The van der Waals surface area contributed by atoms with Crippen LogP contribution in [0.5, 0.6) is 0 Å². The second-order valence-corrected chi connectivity index (χ2v) is 4.87. The van der Waals surface area contributed by atoms with E-state index in [0.29, 0.717) is 6.04 Å². The quantitative estimate of drug-likeness (QED) is 0.774. The van der Waals surface area contributed by atoms with Gasteiger partial charge >= 0.3 is 0 Å². The summed E-state index contributed by atoms with van der Waals surface area (Å²) in [5.41, 5.74) is 10.3. The summed E-state index contributed by atoms with van der Waals surface area (Å²) < 4.78 is 0.